The van der Waals surface area contributed by atoms with E-state index in [1.54, 1.807) is 0 Å². The Labute approximate surface area is 160 Å². The zero-order chi connectivity index (χ0) is 20.0. The Morgan fingerprint density at radius 2 is 1.37 bits per heavy atom. The molecule has 0 N–H and O–H groups in total. The third-order valence-electron chi connectivity index (χ3n) is 3.71. The molecular weight excluding hydrogens is 368 g/mol. The molecule has 0 aliphatic carbocycles. The van der Waals surface area contributed by atoms with E-state index in [9.17, 15) is 0 Å². The van der Waals surface area contributed by atoms with Crippen molar-refractivity contribution in [1.29, 1.82) is 0 Å². The van der Waals surface area contributed by atoms with Crippen molar-refractivity contribution in [2.24, 2.45) is 7.05 Å². The van der Waals surface area contributed by atoms with Gasteiger partial charge in [-0.25, -0.2) is 27.8 Å². The Bertz CT molecular complexity index is 882. The van der Waals surface area contributed by atoms with Gasteiger partial charge in [0, 0.05) is 11.1 Å². The molecule has 3 aromatic rings. The molecule has 142 valence electrons. The van der Waals surface area contributed by atoms with Crippen LogP contribution in [0, 0.1) is 10.2 Å². The second-order valence-electron chi connectivity index (χ2n) is 6.12. The summed E-state index contributed by atoms with van der Waals surface area (Å²) < 4.78 is 38.4. The SMILES string of the molecule is C=C(C)Cn1c[n+](C)c(-c2ccccc2)c1-c1ccccc1.[O-][Cl+3]([O-])([O-])[O-]. The molecule has 0 atom stereocenters. The first-order valence-electron chi connectivity index (χ1n) is 8.12. The van der Waals surface area contributed by atoms with Crippen LogP contribution in [-0.2, 0) is 13.6 Å². The number of imidazole rings is 1. The maximum absolute atomic E-state index is 8.49. The summed E-state index contributed by atoms with van der Waals surface area (Å²) in [7, 11) is -2.84. The van der Waals surface area contributed by atoms with E-state index in [2.05, 4.69) is 96.7 Å². The molecule has 0 unspecified atom stereocenters. The van der Waals surface area contributed by atoms with Crippen LogP contribution in [0.25, 0.3) is 22.5 Å². The molecule has 0 saturated heterocycles. The molecule has 1 aromatic heterocycles. The van der Waals surface area contributed by atoms with E-state index in [4.69, 9.17) is 18.6 Å². The van der Waals surface area contributed by atoms with E-state index in [1.165, 1.54) is 22.5 Å². The summed E-state index contributed by atoms with van der Waals surface area (Å²) in [6.07, 6.45) is 2.15. The summed E-state index contributed by atoms with van der Waals surface area (Å²) in [5.41, 5.74) is 6.06. The topological polar surface area (TPSA) is 101 Å². The van der Waals surface area contributed by atoms with E-state index in [1.807, 2.05) is 0 Å². The Kier molecular flexibility index (Phi) is 6.90. The molecule has 6 nitrogen and oxygen atoms in total. The zero-order valence-corrected chi connectivity index (χ0v) is 15.9. The lowest BCUT2D eigenvalue weighted by Crippen LogP contribution is -2.68. The Hall–Kier alpha value is -2.48. The molecule has 7 heteroatoms. The molecule has 0 amide bonds. The van der Waals surface area contributed by atoms with Crippen LogP contribution in [0.5, 0.6) is 0 Å². The number of halogens is 1. The fourth-order valence-electron chi connectivity index (χ4n) is 2.87. The second-order valence-corrected chi connectivity index (χ2v) is 6.87. The highest BCUT2D eigenvalue weighted by atomic mass is 35.7. The quantitative estimate of drug-likeness (QED) is 0.442. The van der Waals surface area contributed by atoms with Gasteiger partial charge in [0.2, 0.25) is 6.33 Å². The highest BCUT2D eigenvalue weighted by molar-refractivity contribution is 5.76. The van der Waals surface area contributed by atoms with Crippen molar-refractivity contribution in [1.82, 2.24) is 4.57 Å². The molecule has 0 spiro atoms. The lowest BCUT2D eigenvalue weighted by atomic mass is 10.0. The van der Waals surface area contributed by atoms with Crippen LogP contribution in [0.3, 0.4) is 0 Å². The zero-order valence-electron chi connectivity index (χ0n) is 15.2. The predicted octanol–water partition coefficient (Wildman–Crippen LogP) is -0.533. The third kappa shape index (κ3) is 6.32. The number of hydrogen-bond acceptors (Lipinski definition) is 4. The van der Waals surface area contributed by atoms with Gasteiger partial charge in [0.1, 0.15) is 6.54 Å². The summed E-state index contributed by atoms with van der Waals surface area (Å²) in [5, 5.41) is 0. The smallest absolute Gasteiger partial charge is 0.232 e. The van der Waals surface area contributed by atoms with Gasteiger partial charge in [0.15, 0.2) is 11.4 Å². The van der Waals surface area contributed by atoms with Crippen molar-refractivity contribution in [3.63, 3.8) is 0 Å². The minimum absolute atomic E-state index is 0.824. The van der Waals surface area contributed by atoms with Crippen LogP contribution >= 0.6 is 0 Å². The average molecular weight is 389 g/mol. The van der Waals surface area contributed by atoms with Gasteiger partial charge in [-0.3, -0.25) is 0 Å². The van der Waals surface area contributed by atoms with Crippen molar-refractivity contribution in [3.8, 4) is 22.5 Å². The molecular formula is C20H21ClN2O4. The first-order valence-corrected chi connectivity index (χ1v) is 9.36. The largest absolute Gasteiger partial charge is 0.244 e. The van der Waals surface area contributed by atoms with E-state index in [0.717, 1.165) is 12.1 Å². The molecule has 0 radical (unpaired) electrons. The standard InChI is InChI=1S/C20H21N2.ClHO4/c1-16(2)14-22-15-21(3)19(17-10-6-4-7-11-17)20(22)18-12-8-5-9-13-18;2-1(3,4)5/h4-13,15H,1,14H2,2-3H3;(H,2,3,4,5)/q+1;/p-1. The monoisotopic (exact) mass is 388 g/mol. The Morgan fingerprint density at radius 1 is 0.926 bits per heavy atom. The van der Waals surface area contributed by atoms with Crippen LogP contribution in [0.1, 0.15) is 6.92 Å². The Balaban J connectivity index is 0.000000465. The lowest BCUT2D eigenvalue weighted by Gasteiger charge is -2.17. The minimum Gasteiger partial charge on any atom is -0.232 e. The number of nitrogens with zero attached hydrogens (tertiary/aromatic N) is 2. The van der Waals surface area contributed by atoms with Gasteiger partial charge >= 0.3 is 0 Å². The van der Waals surface area contributed by atoms with Crippen molar-refractivity contribution < 1.29 is 33.4 Å². The highest BCUT2D eigenvalue weighted by Crippen LogP contribution is 2.30. The van der Waals surface area contributed by atoms with Gasteiger partial charge in [-0.05, 0) is 12.5 Å². The van der Waals surface area contributed by atoms with Crippen molar-refractivity contribution in [3.05, 3.63) is 79.1 Å². The molecule has 2 aromatic carbocycles. The van der Waals surface area contributed by atoms with Gasteiger partial charge in [0.05, 0.1) is 7.05 Å². The van der Waals surface area contributed by atoms with Crippen molar-refractivity contribution in [2.75, 3.05) is 0 Å². The minimum atomic E-state index is -4.94. The summed E-state index contributed by atoms with van der Waals surface area (Å²) in [5.74, 6) is 0. The second kappa shape index (κ2) is 8.94. The highest BCUT2D eigenvalue weighted by Gasteiger charge is 2.23. The summed E-state index contributed by atoms with van der Waals surface area (Å²) >= 11 is 0. The maximum atomic E-state index is 8.49. The fourth-order valence-corrected chi connectivity index (χ4v) is 2.87. The van der Waals surface area contributed by atoms with E-state index in [0.29, 0.717) is 0 Å². The fraction of sp³-hybridized carbons (Fsp3) is 0.150. The lowest BCUT2D eigenvalue weighted by molar-refractivity contribution is -2.00. The van der Waals surface area contributed by atoms with Crippen molar-refractivity contribution >= 4 is 0 Å². The molecule has 1 heterocycles. The summed E-state index contributed by atoms with van der Waals surface area (Å²) in [4.78, 5) is 0. The molecule has 0 aliphatic heterocycles. The van der Waals surface area contributed by atoms with E-state index >= 15 is 0 Å². The molecule has 0 fully saturated rings. The number of rotatable bonds is 4. The van der Waals surface area contributed by atoms with Crippen LogP contribution in [0.2, 0.25) is 0 Å². The molecule has 0 aliphatic rings. The molecule has 0 bridgehead atoms. The summed E-state index contributed by atoms with van der Waals surface area (Å²) in [6.45, 7) is 6.96. The van der Waals surface area contributed by atoms with Gasteiger partial charge < -0.3 is 0 Å². The maximum Gasteiger partial charge on any atom is 0.244 e. The number of aryl methyl sites for hydroxylation is 1. The van der Waals surface area contributed by atoms with Gasteiger partial charge in [-0.1, -0.05) is 67.2 Å². The van der Waals surface area contributed by atoms with E-state index in [-0.39, 0.29) is 0 Å². The van der Waals surface area contributed by atoms with Crippen LogP contribution in [0.4, 0.5) is 0 Å². The molecule has 3 rings (SSSR count). The van der Waals surface area contributed by atoms with Gasteiger partial charge in [0.25, 0.3) is 0 Å². The number of allylic oxidation sites excluding steroid dienone is 1. The summed E-state index contributed by atoms with van der Waals surface area (Å²) in [6, 6.07) is 21.1. The number of benzene rings is 2. The first kappa shape index (κ1) is 20.8. The van der Waals surface area contributed by atoms with Crippen LogP contribution < -0.4 is 23.2 Å². The van der Waals surface area contributed by atoms with Crippen LogP contribution in [0.15, 0.2) is 79.1 Å². The number of aromatic nitrogens is 2. The average Bonchev–Trinajstić information content (AvgIpc) is 2.90. The van der Waals surface area contributed by atoms with Crippen LogP contribution in [-0.4, -0.2) is 4.57 Å². The third-order valence-corrected chi connectivity index (χ3v) is 3.71. The van der Waals surface area contributed by atoms with E-state index < -0.39 is 10.2 Å². The Morgan fingerprint density at radius 3 is 1.81 bits per heavy atom. The predicted molar refractivity (Wildman–Crippen MR) is 91.3 cm³/mol. The van der Waals surface area contributed by atoms with Gasteiger partial charge in [-0.15, -0.1) is 10.2 Å². The normalized spacial score (nSPS) is 10.9. The van der Waals surface area contributed by atoms with Gasteiger partial charge in [-0.2, -0.15) is 0 Å². The first-order chi connectivity index (χ1) is 12.7. The number of hydrogen-bond donors (Lipinski definition) is 0. The van der Waals surface area contributed by atoms with Crippen molar-refractivity contribution in [2.45, 2.75) is 13.5 Å². The molecule has 0 saturated carbocycles. The molecule has 27 heavy (non-hydrogen) atoms.